The van der Waals surface area contributed by atoms with E-state index in [2.05, 4.69) is 15.5 Å². The molecule has 0 aliphatic heterocycles. The number of aromatic nitrogens is 2. The van der Waals surface area contributed by atoms with Crippen LogP contribution >= 0.6 is 23.4 Å². The van der Waals surface area contributed by atoms with E-state index < -0.39 is 0 Å². The Balaban J connectivity index is 1.60. The summed E-state index contributed by atoms with van der Waals surface area (Å²) in [7, 11) is 0. The monoisotopic (exact) mass is 363 g/mol. The van der Waals surface area contributed by atoms with Gasteiger partial charge in [-0.2, -0.15) is 0 Å². The molecule has 0 radical (unpaired) electrons. The summed E-state index contributed by atoms with van der Waals surface area (Å²) in [4.78, 5) is 12.1. The highest BCUT2D eigenvalue weighted by atomic mass is 35.5. The number of benzene rings is 1. The molecule has 124 valence electrons. The van der Waals surface area contributed by atoms with Gasteiger partial charge < -0.3 is 14.2 Å². The Hall–Kier alpha value is -2.25. The van der Waals surface area contributed by atoms with Gasteiger partial charge in [-0.05, 0) is 37.6 Å². The largest absolute Gasteiger partial charge is 0.469 e. The third kappa shape index (κ3) is 3.63. The molecule has 8 heteroatoms. The molecule has 1 aromatic carbocycles. The predicted octanol–water partition coefficient (Wildman–Crippen LogP) is 4.33. The molecule has 2 heterocycles. The van der Waals surface area contributed by atoms with E-state index in [4.69, 9.17) is 20.4 Å². The van der Waals surface area contributed by atoms with Gasteiger partial charge in [-0.3, -0.25) is 4.79 Å². The summed E-state index contributed by atoms with van der Waals surface area (Å²) in [6.07, 6.45) is 1.56. The molecule has 24 heavy (non-hydrogen) atoms. The Bertz CT molecular complexity index is 875. The second-order valence-corrected chi connectivity index (χ2v) is 6.35. The van der Waals surface area contributed by atoms with Crippen molar-refractivity contribution in [2.75, 3.05) is 11.1 Å². The average Bonchev–Trinajstić information content (AvgIpc) is 3.18. The fraction of sp³-hybridized carbons (Fsp3) is 0.188. The van der Waals surface area contributed by atoms with Gasteiger partial charge in [0.05, 0.1) is 17.6 Å². The highest BCUT2D eigenvalue weighted by Crippen LogP contribution is 2.27. The van der Waals surface area contributed by atoms with Crippen LogP contribution in [0.25, 0.3) is 11.5 Å². The summed E-state index contributed by atoms with van der Waals surface area (Å²) in [6, 6.07) is 7.12. The molecule has 0 aliphatic rings. The molecule has 1 amide bonds. The van der Waals surface area contributed by atoms with Crippen molar-refractivity contribution in [3.8, 4) is 11.5 Å². The van der Waals surface area contributed by atoms with E-state index in [1.54, 1.807) is 30.5 Å². The third-order valence-electron chi connectivity index (χ3n) is 3.36. The number of halogens is 1. The molecule has 3 aromatic rings. The molecule has 2 aromatic heterocycles. The number of thioether (sulfide) groups is 1. The van der Waals surface area contributed by atoms with E-state index in [1.165, 1.54) is 11.8 Å². The summed E-state index contributed by atoms with van der Waals surface area (Å²) in [5, 5.41) is 11.6. The molecular weight excluding hydrogens is 350 g/mol. The van der Waals surface area contributed by atoms with Gasteiger partial charge in [-0.1, -0.05) is 29.4 Å². The summed E-state index contributed by atoms with van der Waals surface area (Å²) in [5.41, 5.74) is 2.26. The van der Waals surface area contributed by atoms with Crippen LogP contribution in [0.4, 0.5) is 5.69 Å². The fourth-order valence-electron chi connectivity index (χ4n) is 2.04. The first-order valence-electron chi connectivity index (χ1n) is 7.10. The number of hydrogen-bond donors (Lipinski definition) is 1. The lowest BCUT2D eigenvalue weighted by molar-refractivity contribution is -0.113. The number of furan rings is 1. The van der Waals surface area contributed by atoms with Crippen LogP contribution in [0.2, 0.25) is 5.02 Å². The second-order valence-electron chi connectivity index (χ2n) is 5.01. The van der Waals surface area contributed by atoms with Crippen molar-refractivity contribution in [1.82, 2.24) is 10.2 Å². The number of nitrogens with zero attached hydrogens (tertiary/aromatic N) is 2. The fourth-order valence-corrected chi connectivity index (χ4v) is 2.78. The van der Waals surface area contributed by atoms with E-state index in [0.717, 1.165) is 11.1 Å². The molecule has 0 unspecified atom stereocenters. The summed E-state index contributed by atoms with van der Waals surface area (Å²) < 4.78 is 10.7. The maximum atomic E-state index is 12.1. The van der Waals surface area contributed by atoms with Gasteiger partial charge >= 0.3 is 0 Å². The van der Waals surface area contributed by atoms with Crippen molar-refractivity contribution in [2.24, 2.45) is 0 Å². The van der Waals surface area contributed by atoms with Gasteiger partial charge in [-0.25, -0.2) is 0 Å². The van der Waals surface area contributed by atoms with Gasteiger partial charge in [0.1, 0.15) is 5.76 Å². The lowest BCUT2D eigenvalue weighted by Gasteiger charge is -2.08. The number of hydrogen-bond acceptors (Lipinski definition) is 6. The zero-order chi connectivity index (χ0) is 17.1. The second kappa shape index (κ2) is 7.11. The molecule has 1 N–H and O–H groups in total. The Kier molecular flexibility index (Phi) is 4.92. The molecule has 0 aliphatic carbocycles. The zero-order valence-electron chi connectivity index (χ0n) is 13.0. The summed E-state index contributed by atoms with van der Waals surface area (Å²) in [5.74, 6) is 1.04. The molecule has 0 bridgehead atoms. The van der Waals surface area contributed by atoms with Crippen LogP contribution in [0.3, 0.4) is 0 Å². The Morgan fingerprint density at radius 3 is 2.88 bits per heavy atom. The highest BCUT2D eigenvalue weighted by molar-refractivity contribution is 7.99. The van der Waals surface area contributed by atoms with Crippen molar-refractivity contribution in [1.29, 1.82) is 0 Å². The first kappa shape index (κ1) is 16.6. The van der Waals surface area contributed by atoms with Crippen LogP contribution in [-0.4, -0.2) is 21.9 Å². The lowest BCUT2D eigenvalue weighted by Crippen LogP contribution is -2.14. The quantitative estimate of drug-likeness (QED) is 0.679. The van der Waals surface area contributed by atoms with Crippen LogP contribution in [-0.2, 0) is 4.79 Å². The number of nitrogens with one attached hydrogen (secondary N) is 1. The maximum Gasteiger partial charge on any atom is 0.277 e. The minimum Gasteiger partial charge on any atom is -0.469 e. The molecule has 0 spiro atoms. The molecule has 0 saturated carbocycles. The van der Waals surface area contributed by atoms with Crippen molar-refractivity contribution < 1.29 is 13.6 Å². The third-order valence-corrected chi connectivity index (χ3v) is 4.59. The summed E-state index contributed by atoms with van der Waals surface area (Å²) >= 11 is 7.20. The average molecular weight is 364 g/mol. The minimum absolute atomic E-state index is 0.151. The van der Waals surface area contributed by atoms with Crippen LogP contribution in [0.1, 0.15) is 11.3 Å². The van der Waals surface area contributed by atoms with Crippen LogP contribution in [0.5, 0.6) is 0 Å². The normalized spacial score (nSPS) is 10.8. The molecule has 0 atom stereocenters. The smallest absolute Gasteiger partial charge is 0.277 e. The van der Waals surface area contributed by atoms with E-state index in [-0.39, 0.29) is 11.7 Å². The number of carbonyl (C=O) groups excluding carboxylic acids is 1. The standard InChI is InChI=1S/C16H14ClN3O3S/c1-9-12(17)4-3-5-13(9)18-14(21)8-24-16-20-19-15(23-16)11-6-7-22-10(11)2/h3-7H,8H2,1-2H3,(H,18,21). The van der Waals surface area contributed by atoms with Gasteiger partial charge in [-0.15, -0.1) is 10.2 Å². The van der Waals surface area contributed by atoms with Crippen LogP contribution < -0.4 is 5.32 Å². The van der Waals surface area contributed by atoms with Gasteiger partial charge in [0, 0.05) is 10.7 Å². The number of rotatable bonds is 5. The Morgan fingerprint density at radius 2 is 2.12 bits per heavy atom. The molecule has 0 saturated heterocycles. The zero-order valence-corrected chi connectivity index (χ0v) is 14.6. The van der Waals surface area contributed by atoms with Gasteiger partial charge in [0.25, 0.3) is 11.1 Å². The minimum atomic E-state index is -0.176. The SMILES string of the molecule is Cc1occc1-c1nnc(SCC(=O)Nc2cccc(Cl)c2C)o1. The topological polar surface area (TPSA) is 81.2 Å². The predicted molar refractivity (Wildman–Crippen MR) is 92.3 cm³/mol. The number of amides is 1. The van der Waals surface area contributed by atoms with Gasteiger partial charge in [0.2, 0.25) is 5.91 Å². The number of aryl methyl sites for hydroxylation is 1. The van der Waals surface area contributed by atoms with E-state index >= 15 is 0 Å². The number of carbonyl (C=O) groups is 1. The van der Waals surface area contributed by atoms with Crippen molar-refractivity contribution in [2.45, 2.75) is 19.1 Å². The first-order chi connectivity index (χ1) is 11.5. The first-order valence-corrected chi connectivity index (χ1v) is 8.46. The lowest BCUT2D eigenvalue weighted by atomic mass is 10.2. The maximum absolute atomic E-state index is 12.1. The van der Waals surface area contributed by atoms with Crippen molar-refractivity contribution >= 4 is 35.0 Å². The molecule has 0 fully saturated rings. The van der Waals surface area contributed by atoms with E-state index in [1.807, 2.05) is 13.8 Å². The van der Waals surface area contributed by atoms with Crippen molar-refractivity contribution in [3.63, 3.8) is 0 Å². The van der Waals surface area contributed by atoms with E-state index in [0.29, 0.717) is 27.6 Å². The molecular formula is C16H14ClN3O3S. The Labute approximate surface area is 147 Å². The Morgan fingerprint density at radius 1 is 1.29 bits per heavy atom. The van der Waals surface area contributed by atoms with Crippen molar-refractivity contribution in [3.05, 3.63) is 46.9 Å². The number of anilines is 1. The molecule has 6 nitrogen and oxygen atoms in total. The van der Waals surface area contributed by atoms with Crippen LogP contribution in [0, 0.1) is 13.8 Å². The summed E-state index contributed by atoms with van der Waals surface area (Å²) in [6.45, 7) is 3.66. The molecule has 3 rings (SSSR count). The van der Waals surface area contributed by atoms with Crippen LogP contribution in [0.15, 0.2) is 44.6 Å². The highest BCUT2D eigenvalue weighted by Gasteiger charge is 2.14. The van der Waals surface area contributed by atoms with Gasteiger partial charge in [0.15, 0.2) is 0 Å². The van der Waals surface area contributed by atoms with E-state index in [9.17, 15) is 4.79 Å².